The average Bonchev–Trinajstić information content (AvgIpc) is 3.46. The zero-order valence-electron chi connectivity index (χ0n) is 19.8. The van der Waals surface area contributed by atoms with Crippen LogP contribution in [0.15, 0.2) is 30.5 Å². The van der Waals surface area contributed by atoms with Crippen molar-refractivity contribution in [2.45, 2.75) is 62.9 Å². The van der Waals surface area contributed by atoms with Crippen molar-refractivity contribution in [2.75, 3.05) is 30.4 Å². The van der Waals surface area contributed by atoms with Gasteiger partial charge in [0.2, 0.25) is 0 Å². The highest BCUT2D eigenvalue weighted by molar-refractivity contribution is 5.89. The van der Waals surface area contributed by atoms with Gasteiger partial charge in [-0.2, -0.15) is 5.10 Å². The number of benzene rings is 1. The molecule has 2 bridgehead atoms. The molecule has 10 nitrogen and oxygen atoms in total. The van der Waals surface area contributed by atoms with Gasteiger partial charge < -0.3 is 19.5 Å². The zero-order chi connectivity index (χ0) is 23.9. The Morgan fingerprint density at radius 2 is 1.77 bits per heavy atom. The lowest BCUT2D eigenvalue weighted by atomic mass is 9.93. The van der Waals surface area contributed by atoms with Gasteiger partial charge in [0.05, 0.1) is 43.0 Å². The number of aliphatic hydroxyl groups excluding tert-OH is 1. The number of hydrogen-bond donors (Lipinski definition) is 2. The molecule has 35 heavy (non-hydrogen) atoms. The largest absolute Gasteiger partial charge is 0.453 e. The fraction of sp³-hybridized carbons (Fsp3) is 0.520. The summed E-state index contributed by atoms with van der Waals surface area (Å²) >= 11 is 0. The van der Waals surface area contributed by atoms with Crippen molar-refractivity contribution in [3.05, 3.63) is 30.5 Å². The molecule has 2 N–H and O–H groups in total. The fourth-order valence-electron chi connectivity index (χ4n) is 5.51. The Morgan fingerprint density at radius 3 is 2.46 bits per heavy atom. The molecule has 0 radical (unpaired) electrons. The van der Waals surface area contributed by atoms with E-state index in [1.165, 1.54) is 7.11 Å². The molecular weight excluding hydrogens is 448 g/mol. The second-order valence-corrected chi connectivity index (χ2v) is 9.72. The Labute approximate surface area is 203 Å². The van der Waals surface area contributed by atoms with Gasteiger partial charge in [0, 0.05) is 24.3 Å². The Morgan fingerprint density at radius 1 is 1.06 bits per heavy atom. The standard InChI is InChI=1S/C25H30N6O4/c1-34-25(33)27-16-4-2-15(3-5-16)22-28-23(30-13-19-10-11-20(14-30)35-19)21-12-26-31(24(21)29-22)17-6-8-18(32)9-7-17/h2-5,12,17-20,32H,6-11,13-14H2,1H3,(H,27,33). The molecule has 3 aromatic rings. The van der Waals surface area contributed by atoms with Crippen LogP contribution in [0.1, 0.15) is 44.6 Å². The highest BCUT2D eigenvalue weighted by Crippen LogP contribution is 2.36. The smallest absolute Gasteiger partial charge is 0.411 e. The number of morpholine rings is 1. The molecule has 10 heteroatoms. The summed E-state index contributed by atoms with van der Waals surface area (Å²) in [5.74, 6) is 1.51. The van der Waals surface area contributed by atoms with Crippen molar-refractivity contribution >= 4 is 28.6 Å². The molecule has 1 aliphatic carbocycles. The number of nitrogens with one attached hydrogen (secondary N) is 1. The number of hydrogen-bond acceptors (Lipinski definition) is 8. The molecule has 0 spiro atoms. The summed E-state index contributed by atoms with van der Waals surface area (Å²) in [4.78, 5) is 23.9. The number of aromatic nitrogens is 4. The zero-order valence-corrected chi connectivity index (χ0v) is 19.8. The van der Waals surface area contributed by atoms with E-state index in [1.54, 1.807) is 0 Å². The fourth-order valence-corrected chi connectivity index (χ4v) is 5.51. The van der Waals surface area contributed by atoms with E-state index in [1.807, 2.05) is 35.1 Å². The summed E-state index contributed by atoms with van der Waals surface area (Å²) < 4.78 is 12.8. The van der Waals surface area contributed by atoms with E-state index in [-0.39, 0.29) is 24.4 Å². The van der Waals surface area contributed by atoms with E-state index in [9.17, 15) is 9.90 Å². The summed E-state index contributed by atoms with van der Waals surface area (Å²) in [6.45, 7) is 1.62. The van der Waals surface area contributed by atoms with E-state index >= 15 is 0 Å². The summed E-state index contributed by atoms with van der Waals surface area (Å²) in [5, 5.41) is 18.4. The lowest BCUT2D eigenvalue weighted by Crippen LogP contribution is -2.43. The number of nitrogens with zero attached hydrogens (tertiary/aromatic N) is 5. The molecule has 184 valence electrons. The molecule has 2 unspecified atom stereocenters. The van der Waals surface area contributed by atoms with Gasteiger partial charge in [-0.25, -0.2) is 19.4 Å². The van der Waals surface area contributed by atoms with Crippen molar-refractivity contribution in [3.63, 3.8) is 0 Å². The third-order valence-corrected chi connectivity index (χ3v) is 7.36. The van der Waals surface area contributed by atoms with E-state index in [2.05, 4.69) is 15.0 Å². The van der Waals surface area contributed by atoms with E-state index < -0.39 is 6.09 Å². The van der Waals surface area contributed by atoms with E-state index in [0.29, 0.717) is 11.5 Å². The summed E-state index contributed by atoms with van der Waals surface area (Å²) in [5.41, 5.74) is 2.31. The maximum absolute atomic E-state index is 11.5. The first-order valence-electron chi connectivity index (χ1n) is 12.4. The first-order chi connectivity index (χ1) is 17.1. The number of carbonyl (C=O) groups is 1. The molecule has 3 aliphatic rings. The molecule has 6 rings (SSSR count). The Hall–Kier alpha value is -3.24. The molecule has 1 saturated carbocycles. The summed E-state index contributed by atoms with van der Waals surface area (Å²) in [6.07, 6.45) is 7.10. The van der Waals surface area contributed by atoms with E-state index in [4.69, 9.17) is 19.8 Å². The average molecular weight is 479 g/mol. The van der Waals surface area contributed by atoms with Gasteiger partial charge in [-0.15, -0.1) is 0 Å². The predicted octanol–water partition coefficient (Wildman–Crippen LogP) is 3.52. The van der Waals surface area contributed by atoms with Gasteiger partial charge in [0.15, 0.2) is 11.5 Å². The molecule has 3 fully saturated rings. The van der Waals surface area contributed by atoms with Crippen LogP contribution in [-0.2, 0) is 9.47 Å². The quantitative estimate of drug-likeness (QED) is 0.585. The van der Waals surface area contributed by atoms with Crippen molar-refractivity contribution in [1.29, 1.82) is 0 Å². The Balaban J connectivity index is 1.40. The number of anilines is 2. The van der Waals surface area contributed by atoms with Crippen LogP contribution in [0, 0.1) is 0 Å². The minimum absolute atomic E-state index is 0.207. The molecule has 1 aromatic carbocycles. The van der Waals surface area contributed by atoms with Gasteiger partial charge in [-0.05, 0) is 62.8 Å². The van der Waals surface area contributed by atoms with Crippen LogP contribution in [0.5, 0.6) is 0 Å². The molecule has 2 atom stereocenters. The number of carbonyl (C=O) groups excluding carboxylic acids is 1. The van der Waals surface area contributed by atoms with Crippen LogP contribution in [-0.4, -0.2) is 69.5 Å². The number of fused-ring (bicyclic) bond motifs is 3. The minimum Gasteiger partial charge on any atom is -0.453 e. The second-order valence-electron chi connectivity index (χ2n) is 9.72. The van der Waals surface area contributed by atoms with Crippen LogP contribution in [0.3, 0.4) is 0 Å². The summed E-state index contributed by atoms with van der Waals surface area (Å²) in [6, 6.07) is 7.63. The van der Waals surface area contributed by atoms with Gasteiger partial charge in [0.25, 0.3) is 0 Å². The van der Waals surface area contributed by atoms with Crippen LogP contribution < -0.4 is 10.2 Å². The number of amides is 1. The van der Waals surface area contributed by atoms with Crippen LogP contribution in [0.25, 0.3) is 22.4 Å². The number of methoxy groups -OCH3 is 1. The highest BCUT2D eigenvalue weighted by Gasteiger charge is 2.35. The molecule has 2 aliphatic heterocycles. The Kier molecular flexibility index (Phi) is 5.77. The molecule has 2 aromatic heterocycles. The number of aliphatic hydroxyl groups is 1. The van der Waals surface area contributed by atoms with Crippen LogP contribution in [0.4, 0.5) is 16.3 Å². The first-order valence-corrected chi connectivity index (χ1v) is 12.4. The molecule has 1 amide bonds. The van der Waals surface area contributed by atoms with Crippen molar-refractivity contribution in [1.82, 2.24) is 19.7 Å². The monoisotopic (exact) mass is 478 g/mol. The normalized spacial score (nSPS) is 26.2. The maximum atomic E-state index is 11.5. The predicted molar refractivity (Wildman–Crippen MR) is 130 cm³/mol. The third-order valence-electron chi connectivity index (χ3n) is 7.36. The minimum atomic E-state index is -0.513. The topological polar surface area (TPSA) is 115 Å². The Bertz CT molecular complexity index is 1210. The second kappa shape index (κ2) is 9.09. The van der Waals surface area contributed by atoms with Gasteiger partial charge in [0.1, 0.15) is 5.82 Å². The van der Waals surface area contributed by atoms with Gasteiger partial charge in [-0.1, -0.05) is 0 Å². The lowest BCUT2D eigenvalue weighted by Gasteiger charge is -2.33. The van der Waals surface area contributed by atoms with Gasteiger partial charge >= 0.3 is 6.09 Å². The first kappa shape index (κ1) is 22.2. The lowest BCUT2D eigenvalue weighted by molar-refractivity contribution is 0.0303. The van der Waals surface area contributed by atoms with Gasteiger partial charge in [-0.3, -0.25) is 5.32 Å². The molecule has 4 heterocycles. The molecule has 2 saturated heterocycles. The molecular formula is C25H30N6O4. The highest BCUT2D eigenvalue weighted by atomic mass is 16.5. The van der Waals surface area contributed by atoms with Crippen LogP contribution >= 0.6 is 0 Å². The van der Waals surface area contributed by atoms with Crippen LogP contribution in [0.2, 0.25) is 0 Å². The maximum Gasteiger partial charge on any atom is 0.411 e. The van der Waals surface area contributed by atoms with E-state index in [0.717, 1.165) is 74.0 Å². The number of ether oxygens (including phenoxy) is 2. The summed E-state index contributed by atoms with van der Waals surface area (Å²) in [7, 11) is 1.34. The van der Waals surface area contributed by atoms with Crippen molar-refractivity contribution < 1.29 is 19.4 Å². The third kappa shape index (κ3) is 4.32. The van der Waals surface area contributed by atoms with Crippen molar-refractivity contribution in [2.24, 2.45) is 0 Å². The number of rotatable bonds is 4. The SMILES string of the molecule is COC(=O)Nc1ccc(-c2nc(N3CC4CCC(C3)O4)c3cnn(C4CCC(O)CC4)c3n2)cc1. The van der Waals surface area contributed by atoms with Crippen molar-refractivity contribution in [3.8, 4) is 11.4 Å².